The molecule has 1 aliphatic rings. The molecule has 0 bridgehead atoms. The number of pyridine rings is 1. The maximum Gasteiger partial charge on any atom is 0.433 e. The van der Waals surface area contributed by atoms with Crippen molar-refractivity contribution in [2.45, 2.75) is 63.3 Å². The number of carbonyl (C=O) groups excluding carboxylic acids is 1. The van der Waals surface area contributed by atoms with E-state index in [1.165, 1.54) is 48.9 Å². The van der Waals surface area contributed by atoms with Crippen LogP contribution in [0.5, 0.6) is 0 Å². The topological polar surface area (TPSA) is 113 Å². The maximum absolute atomic E-state index is 13.1. The van der Waals surface area contributed by atoms with Crippen molar-refractivity contribution >= 4 is 21.3 Å². The monoisotopic (exact) mass is 610 g/mol. The molecular formula is C28H31F5N6O2S. The van der Waals surface area contributed by atoms with Crippen LogP contribution in [-0.4, -0.2) is 31.1 Å². The summed E-state index contributed by atoms with van der Waals surface area (Å²) in [6.45, 7) is 8.00. The van der Waals surface area contributed by atoms with E-state index in [-0.39, 0.29) is 11.0 Å². The summed E-state index contributed by atoms with van der Waals surface area (Å²) < 4.78 is 79.5. The second kappa shape index (κ2) is 12.2. The summed E-state index contributed by atoms with van der Waals surface area (Å²) in [6, 6.07) is 7.80. The van der Waals surface area contributed by atoms with E-state index in [9.17, 15) is 31.0 Å². The van der Waals surface area contributed by atoms with Crippen LogP contribution in [-0.2, 0) is 28.4 Å². The first-order chi connectivity index (χ1) is 19.4. The van der Waals surface area contributed by atoms with E-state index in [4.69, 9.17) is 5.26 Å². The summed E-state index contributed by atoms with van der Waals surface area (Å²) in [7, 11) is -1.30. The number of anilines is 1. The third kappa shape index (κ3) is 7.13. The first-order valence-electron chi connectivity index (χ1n) is 12.8. The molecule has 3 unspecified atom stereocenters. The Labute approximate surface area is 241 Å². The van der Waals surface area contributed by atoms with Gasteiger partial charge in [-0.2, -0.15) is 23.5 Å². The minimum atomic E-state index is -4.51. The number of nitrogens with zero attached hydrogens (tertiary/aromatic N) is 5. The van der Waals surface area contributed by atoms with E-state index in [1.54, 1.807) is 0 Å². The molecule has 0 saturated carbocycles. The van der Waals surface area contributed by atoms with Crippen LogP contribution in [0, 0.1) is 11.5 Å². The molecule has 3 aromatic rings. The lowest BCUT2D eigenvalue weighted by Gasteiger charge is -2.19. The molecule has 0 spiro atoms. The number of nitrogens with one attached hydrogen (secondary N) is 1. The standard InChI is InChI=1S/C18H21F2N3O.C10H10F3N3OS/c1-10-8-18(2,3)12-6-5-7-13(14(10)12)21-17(24)11-9-23(4)22-15(11)16(19)20;1-7(18(2,17)16-6-14)8-3-4-9(15-5-8)10(11,12)13/h5-7,9-10,16H,8H2,1-4H3,(H,21,24);3-5,7H,1-2H3. The molecular weight excluding hydrogens is 579 g/mol. The molecule has 2 heterocycles. The Kier molecular flexibility index (Phi) is 9.46. The Morgan fingerprint density at radius 2 is 1.93 bits per heavy atom. The fourth-order valence-corrected chi connectivity index (χ4v) is 5.99. The first kappa shape index (κ1) is 32.7. The van der Waals surface area contributed by atoms with E-state index < -0.39 is 44.9 Å². The van der Waals surface area contributed by atoms with Gasteiger partial charge in [0.15, 0.2) is 0 Å². The lowest BCUT2D eigenvalue weighted by atomic mass is 9.86. The summed E-state index contributed by atoms with van der Waals surface area (Å²) in [5.41, 5.74) is 1.78. The van der Waals surface area contributed by atoms with Crippen LogP contribution in [0.1, 0.15) is 90.1 Å². The second-order valence-electron chi connectivity index (χ2n) is 10.8. The molecule has 1 amide bonds. The fraction of sp³-hybridized carbons (Fsp3) is 0.429. The number of nitriles is 1. The van der Waals surface area contributed by atoms with Gasteiger partial charge >= 0.3 is 6.18 Å². The smallest absolute Gasteiger partial charge is 0.322 e. The molecule has 0 fully saturated rings. The summed E-state index contributed by atoms with van der Waals surface area (Å²) in [5, 5.41) is 14.2. The first-order valence-corrected chi connectivity index (χ1v) is 14.8. The van der Waals surface area contributed by atoms with Gasteiger partial charge in [0.2, 0.25) is 6.19 Å². The van der Waals surface area contributed by atoms with Crippen LogP contribution in [0.15, 0.2) is 47.1 Å². The number of carbonyl (C=O) groups is 1. The normalized spacial score (nSPS) is 17.7. The maximum atomic E-state index is 13.1. The van der Waals surface area contributed by atoms with Crippen LogP contribution in [0.4, 0.5) is 27.6 Å². The van der Waals surface area contributed by atoms with Gasteiger partial charge in [0.1, 0.15) is 11.4 Å². The number of aromatic nitrogens is 3. The third-order valence-electron chi connectivity index (χ3n) is 7.13. The Morgan fingerprint density at radius 1 is 1.26 bits per heavy atom. The van der Waals surface area contributed by atoms with Gasteiger partial charge in [-0.25, -0.2) is 13.0 Å². The van der Waals surface area contributed by atoms with Crippen molar-refractivity contribution in [2.24, 2.45) is 11.4 Å². The lowest BCUT2D eigenvalue weighted by molar-refractivity contribution is -0.141. The number of hydrogen-bond acceptors (Lipinski definition) is 6. The Hall–Kier alpha value is -3.86. The molecule has 0 aliphatic heterocycles. The number of benzene rings is 1. The van der Waals surface area contributed by atoms with Gasteiger partial charge in [0, 0.05) is 31.4 Å². The van der Waals surface area contributed by atoms with Gasteiger partial charge < -0.3 is 5.32 Å². The van der Waals surface area contributed by atoms with Crippen molar-refractivity contribution in [1.82, 2.24) is 14.8 Å². The number of hydrogen-bond donors (Lipinski definition) is 1. The van der Waals surface area contributed by atoms with Gasteiger partial charge in [-0.15, -0.1) is 4.36 Å². The average Bonchev–Trinajstić information content (AvgIpc) is 3.40. The highest BCUT2D eigenvalue weighted by atomic mass is 32.2. The number of rotatable bonds is 5. The Morgan fingerprint density at radius 3 is 2.48 bits per heavy atom. The van der Waals surface area contributed by atoms with Crippen molar-refractivity contribution in [3.8, 4) is 6.19 Å². The minimum Gasteiger partial charge on any atom is -0.322 e. The number of alkyl halides is 5. The highest BCUT2D eigenvalue weighted by Gasteiger charge is 2.36. The van der Waals surface area contributed by atoms with Crippen LogP contribution in [0.3, 0.4) is 0 Å². The largest absolute Gasteiger partial charge is 0.433 e. The van der Waals surface area contributed by atoms with Gasteiger partial charge in [0.05, 0.1) is 20.5 Å². The molecule has 2 aromatic heterocycles. The molecule has 0 radical (unpaired) electrons. The molecule has 1 aliphatic carbocycles. The van der Waals surface area contributed by atoms with Gasteiger partial charge in [-0.05, 0) is 53.5 Å². The molecule has 1 N–H and O–H groups in total. The van der Waals surface area contributed by atoms with Crippen LogP contribution < -0.4 is 5.32 Å². The van der Waals surface area contributed by atoms with Crippen molar-refractivity contribution in [3.63, 3.8) is 0 Å². The summed E-state index contributed by atoms with van der Waals surface area (Å²) in [5.74, 6) is -0.251. The average molecular weight is 611 g/mol. The SMILES string of the molecule is CC(c1ccc(C(F)(F)F)nc1)S(C)(=O)=NC#N.CC1CC(C)(C)c2cccc(NC(=O)c3cn(C)nc3C(F)F)c21. The lowest BCUT2D eigenvalue weighted by Crippen LogP contribution is -2.16. The molecule has 42 heavy (non-hydrogen) atoms. The molecule has 0 saturated heterocycles. The predicted octanol–water partition coefficient (Wildman–Crippen LogP) is 7.14. The highest BCUT2D eigenvalue weighted by Crippen LogP contribution is 2.48. The summed E-state index contributed by atoms with van der Waals surface area (Å²) >= 11 is 0. The number of halogens is 5. The zero-order chi connectivity index (χ0) is 31.6. The quantitative estimate of drug-likeness (QED) is 0.244. The van der Waals surface area contributed by atoms with Crippen LogP contribution >= 0.6 is 0 Å². The summed E-state index contributed by atoms with van der Waals surface area (Å²) in [4.78, 5) is 15.8. The van der Waals surface area contributed by atoms with Gasteiger partial charge in [-0.1, -0.05) is 39.0 Å². The Balaban J connectivity index is 0.000000241. The van der Waals surface area contributed by atoms with Crippen LogP contribution in [0.2, 0.25) is 0 Å². The van der Waals surface area contributed by atoms with Gasteiger partial charge in [0.25, 0.3) is 12.3 Å². The molecule has 1 aromatic carbocycles. The van der Waals surface area contributed by atoms with Crippen molar-refractivity contribution in [3.05, 3.63) is 76.4 Å². The molecule has 14 heteroatoms. The van der Waals surface area contributed by atoms with E-state index in [2.05, 4.69) is 46.6 Å². The van der Waals surface area contributed by atoms with Crippen molar-refractivity contribution < 1.29 is 31.0 Å². The summed E-state index contributed by atoms with van der Waals surface area (Å²) in [6.07, 6.45) is -1.25. The van der Waals surface area contributed by atoms with Crippen molar-refractivity contribution in [1.29, 1.82) is 5.26 Å². The number of fused-ring (bicyclic) bond motifs is 1. The van der Waals surface area contributed by atoms with E-state index >= 15 is 0 Å². The Bertz CT molecular complexity index is 1620. The zero-order valence-electron chi connectivity index (χ0n) is 23.8. The minimum absolute atomic E-state index is 0.0396. The molecule has 4 rings (SSSR count). The van der Waals surface area contributed by atoms with E-state index in [0.29, 0.717) is 17.2 Å². The second-order valence-corrected chi connectivity index (χ2v) is 13.4. The number of amides is 1. The fourth-order valence-electron chi connectivity index (χ4n) is 5.03. The number of aryl methyl sites for hydroxylation is 1. The molecule has 8 nitrogen and oxygen atoms in total. The van der Waals surface area contributed by atoms with Crippen molar-refractivity contribution in [2.75, 3.05) is 11.6 Å². The zero-order valence-corrected chi connectivity index (χ0v) is 24.6. The predicted molar refractivity (Wildman–Crippen MR) is 148 cm³/mol. The van der Waals surface area contributed by atoms with Gasteiger partial charge in [-0.3, -0.25) is 14.5 Å². The van der Waals surface area contributed by atoms with E-state index in [1.807, 2.05) is 12.1 Å². The van der Waals surface area contributed by atoms with Crippen LogP contribution in [0.25, 0.3) is 0 Å². The highest BCUT2D eigenvalue weighted by molar-refractivity contribution is 7.93. The molecule has 3 atom stereocenters. The third-order valence-corrected chi connectivity index (χ3v) is 9.15. The van der Waals surface area contributed by atoms with E-state index in [0.717, 1.165) is 24.2 Å². The molecule has 226 valence electrons.